The van der Waals surface area contributed by atoms with E-state index in [1.807, 2.05) is 20.8 Å². The highest BCUT2D eigenvalue weighted by molar-refractivity contribution is 7.91. The maximum absolute atomic E-state index is 12.3. The molecule has 1 atom stereocenters. The van der Waals surface area contributed by atoms with Crippen LogP contribution >= 0.6 is 0 Å². The van der Waals surface area contributed by atoms with Gasteiger partial charge in [-0.25, -0.2) is 13.2 Å². The number of ether oxygens (including phenoxy) is 2. The van der Waals surface area contributed by atoms with Gasteiger partial charge in [-0.05, 0) is 33.6 Å². The van der Waals surface area contributed by atoms with Crippen LogP contribution in [0.1, 0.15) is 33.6 Å². The molecule has 134 valence electrons. The summed E-state index contributed by atoms with van der Waals surface area (Å²) in [5, 5.41) is 3.38. The summed E-state index contributed by atoms with van der Waals surface area (Å²) in [5.41, 5.74) is -0.523. The fourth-order valence-electron chi connectivity index (χ4n) is 2.78. The number of amides is 1. The smallest absolute Gasteiger partial charge is 0.410 e. The normalized spacial score (nSPS) is 26.0. The summed E-state index contributed by atoms with van der Waals surface area (Å²) in [6.07, 6.45) is 0.934. The maximum Gasteiger partial charge on any atom is 0.410 e. The van der Waals surface area contributed by atoms with Crippen LogP contribution in [0, 0.1) is 0 Å². The lowest BCUT2D eigenvalue weighted by molar-refractivity contribution is -0.0322. The number of nitrogens with one attached hydrogen (secondary N) is 1. The number of nitrogens with zero attached hydrogens (tertiary/aromatic N) is 1. The number of morpholine rings is 1. The Morgan fingerprint density at radius 1 is 1.30 bits per heavy atom. The number of hydrogen-bond donors (Lipinski definition) is 1. The summed E-state index contributed by atoms with van der Waals surface area (Å²) < 4.78 is 33.8. The molecule has 0 aromatic heterocycles. The molecule has 0 radical (unpaired) electrons. The van der Waals surface area contributed by atoms with Crippen LogP contribution in [0.4, 0.5) is 4.79 Å². The van der Waals surface area contributed by atoms with E-state index in [0.717, 1.165) is 0 Å². The van der Waals surface area contributed by atoms with Gasteiger partial charge in [0.05, 0.1) is 30.8 Å². The second kappa shape index (κ2) is 7.36. The molecule has 7 nitrogen and oxygen atoms in total. The van der Waals surface area contributed by atoms with E-state index in [9.17, 15) is 13.2 Å². The van der Waals surface area contributed by atoms with Crippen molar-refractivity contribution >= 4 is 15.9 Å². The Balaban J connectivity index is 1.85. The number of carbonyl (C=O) groups excluding carboxylic acids is 1. The molecule has 0 bridgehead atoms. The first-order valence-corrected chi connectivity index (χ1v) is 10.00. The molecule has 0 aliphatic carbocycles. The predicted molar refractivity (Wildman–Crippen MR) is 87.2 cm³/mol. The standard InChI is InChI=1S/C15H28N2O5S/c1-15(2,3)22-14(18)17-6-7-21-11-13(17)10-16-12-4-8-23(19,20)9-5-12/h12-13,16H,4-11H2,1-3H3. The second-order valence-corrected chi connectivity index (χ2v) is 9.54. The summed E-state index contributed by atoms with van der Waals surface area (Å²) in [7, 11) is -2.85. The van der Waals surface area contributed by atoms with Crippen LogP contribution in [-0.4, -0.2) is 74.9 Å². The maximum atomic E-state index is 12.3. The molecular weight excluding hydrogens is 320 g/mol. The molecule has 0 aromatic carbocycles. The van der Waals surface area contributed by atoms with Gasteiger partial charge in [-0.15, -0.1) is 0 Å². The van der Waals surface area contributed by atoms with E-state index >= 15 is 0 Å². The first-order valence-electron chi connectivity index (χ1n) is 8.17. The van der Waals surface area contributed by atoms with E-state index in [1.54, 1.807) is 4.90 Å². The van der Waals surface area contributed by atoms with Crippen LogP contribution in [0.3, 0.4) is 0 Å². The topological polar surface area (TPSA) is 84.9 Å². The van der Waals surface area contributed by atoms with Crippen molar-refractivity contribution in [3.8, 4) is 0 Å². The molecule has 2 rings (SSSR count). The Labute approximate surface area is 138 Å². The van der Waals surface area contributed by atoms with Crippen molar-refractivity contribution in [2.24, 2.45) is 0 Å². The summed E-state index contributed by atoms with van der Waals surface area (Å²) in [6, 6.07) is 0.0954. The fraction of sp³-hybridized carbons (Fsp3) is 0.933. The molecule has 0 aromatic rings. The van der Waals surface area contributed by atoms with Crippen LogP contribution in [0.15, 0.2) is 0 Å². The van der Waals surface area contributed by atoms with Crippen molar-refractivity contribution < 1.29 is 22.7 Å². The fourth-order valence-corrected chi connectivity index (χ4v) is 4.27. The molecular formula is C15H28N2O5S. The molecule has 2 aliphatic rings. The monoisotopic (exact) mass is 348 g/mol. The van der Waals surface area contributed by atoms with Gasteiger partial charge in [-0.3, -0.25) is 4.90 Å². The number of sulfone groups is 1. The number of rotatable bonds is 3. The summed E-state index contributed by atoms with van der Waals surface area (Å²) in [4.78, 5) is 14.0. The van der Waals surface area contributed by atoms with Gasteiger partial charge < -0.3 is 14.8 Å². The van der Waals surface area contributed by atoms with Gasteiger partial charge >= 0.3 is 6.09 Å². The van der Waals surface area contributed by atoms with Gasteiger partial charge in [-0.2, -0.15) is 0 Å². The Morgan fingerprint density at radius 3 is 2.57 bits per heavy atom. The minimum Gasteiger partial charge on any atom is -0.444 e. The number of carbonyl (C=O) groups is 1. The van der Waals surface area contributed by atoms with E-state index in [1.165, 1.54) is 0 Å². The van der Waals surface area contributed by atoms with Crippen molar-refractivity contribution in [3.63, 3.8) is 0 Å². The third-order valence-corrected chi connectivity index (χ3v) is 5.77. The molecule has 8 heteroatoms. The molecule has 0 spiro atoms. The van der Waals surface area contributed by atoms with E-state index in [0.29, 0.717) is 39.1 Å². The highest BCUT2D eigenvalue weighted by Gasteiger charge is 2.32. The van der Waals surface area contributed by atoms with Crippen molar-refractivity contribution in [1.82, 2.24) is 10.2 Å². The van der Waals surface area contributed by atoms with Gasteiger partial charge in [0.1, 0.15) is 15.4 Å². The molecule has 1 amide bonds. The summed E-state index contributed by atoms with van der Waals surface area (Å²) in [5.74, 6) is 0.475. The van der Waals surface area contributed by atoms with Crippen molar-refractivity contribution in [1.29, 1.82) is 0 Å². The van der Waals surface area contributed by atoms with Crippen molar-refractivity contribution in [2.75, 3.05) is 37.8 Å². The summed E-state index contributed by atoms with van der Waals surface area (Å²) >= 11 is 0. The van der Waals surface area contributed by atoms with Crippen molar-refractivity contribution in [2.45, 2.75) is 51.3 Å². The number of hydrogen-bond acceptors (Lipinski definition) is 6. The third-order valence-electron chi connectivity index (χ3n) is 4.05. The average molecular weight is 348 g/mol. The van der Waals surface area contributed by atoms with E-state index in [4.69, 9.17) is 9.47 Å². The Bertz CT molecular complexity index is 500. The Hall–Kier alpha value is -0.860. The average Bonchev–Trinajstić information content (AvgIpc) is 2.44. The molecule has 1 unspecified atom stereocenters. The van der Waals surface area contributed by atoms with Crippen LogP contribution in [0.25, 0.3) is 0 Å². The minimum atomic E-state index is -2.85. The first-order chi connectivity index (χ1) is 10.7. The first kappa shape index (κ1) is 18.5. The lowest BCUT2D eigenvalue weighted by Crippen LogP contribution is -2.55. The Kier molecular flexibility index (Phi) is 5.91. The van der Waals surface area contributed by atoms with Crippen LogP contribution in [-0.2, 0) is 19.3 Å². The van der Waals surface area contributed by atoms with Crippen LogP contribution in [0.5, 0.6) is 0 Å². The summed E-state index contributed by atoms with van der Waals surface area (Å²) in [6.45, 7) is 7.63. The lowest BCUT2D eigenvalue weighted by atomic mass is 10.1. The quantitative estimate of drug-likeness (QED) is 0.812. The van der Waals surface area contributed by atoms with Gasteiger partial charge in [0.25, 0.3) is 0 Å². The van der Waals surface area contributed by atoms with Gasteiger partial charge in [0.15, 0.2) is 0 Å². The molecule has 23 heavy (non-hydrogen) atoms. The molecule has 0 saturated carbocycles. The lowest BCUT2D eigenvalue weighted by Gasteiger charge is -2.37. The Morgan fingerprint density at radius 2 is 1.96 bits per heavy atom. The zero-order valence-electron chi connectivity index (χ0n) is 14.2. The van der Waals surface area contributed by atoms with Gasteiger partial charge in [0.2, 0.25) is 0 Å². The SMILES string of the molecule is CC(C)(C)OC(=O)N1CCOCC1CNC1CCS(=O)(=O)CC1. The van der Waals surface area contributed by atoms with Crippen molar-refractivity contribution in [3.05, 3.63) is 0 Å². The largest absolute Gasteiger partial charge is 0.444 e. The zero-order valence-corrected chi connectivity index (χ0v) is 15.0. The second-order valence-electron chi connectivity index (χ2n) is 7.24. The molecule has 2 saturated heterocycles. The minimum absolute atomic E-state index is 0.0860. The van der Waals surface area contributed by atoms with E-state index in [2.05, 4.69) is 5.32 Å². The molecule has 2 fully saturated rings. The molecule has 1 N–H and O–H groups in total. The van der Waals surface area contributed by atoms with E-state index in [-0.39, 0.29) is 29.7 Å². The highest BCUT2D eigenvalue weighted by atomic mass is 32.2. The predicted octanol–water partition coefficient (Wildman–Crippen LogP) is 0.789. The highest BCUT2D eigenvalue weighted by Crippen LogP contribution is 2.16. The van der Waals surface area contributed by atoms with Crippen LogP contribution < -0.4 is 5.32 Å². The van der Waals surface area contributed by atoms with Gasteiger partial charge in [-0.1, -0.05) is 0 Å². The molecule has 2 aliphatic heterocycles. The third kappa shape index (κ3) is 5.93. The zero-order chi connectivity index (χ0) is 17.1. The van der Waals surface area contributed by atoms with Gasteiger partial charge in [0, 0.05) is 19.1 Å². The van der Waals surface area contributed by atoms with E-state index < -0.39 is 15.4 Å². The molecule has 2 heterocycles. The van der Waals surface area contributed by atoms with Crippen LogP contribution in [0.2, 0.25) is 0 Å².